The first-order valence-electron chi connectivity index (χ1n) is 11.1. The van der Waals surface area contributed by atoms with Gasteiger partial charge in [0.2, 0.25) is 0 Å². The molecule has 0 aliphatic heterocycles. The van der Waals surface area contributed by atoms with Crippen molar-refractivity contribution in [2.24, 2.45) is 0 Å². The number of Topliss-reactive ketones (excluding diaryl/α,β-unsaturated/α-hetero) is 1. The fraction of sp³-hybridized carbons (Fsp3) is 0.950. The lowest BCUT2D eigenvalue weighted by Gasteiger charge is -2.09. The van der Waals surface area contributed by atoms with E-state index in [1.807, 2.05) is 0 Å². The Hall–Kier alpha value is -0.500. The molecule has 0 aliphatic rings. The van der Waals surface area contributed by atoms with Crippen LogP contribution in [0.25, 0.3) is 0 Å². The average Bonchev–Trinajstić information content (AvgIpc) is 2.75. The summed E-state index contributed by atoms with van der Waals surface area (Å²) in [5, 5.41) is 0. The van der Waals surface area contributed by atoms with E-state index >= 15 is 0 Å². The molecule has 198 valence electrons. The molecule has 0 bridgehead atoms. The Kier molecular flexibility index (Phi) is 24.2. The van der Waals surface area contributed by atoms with Crippen LogP contribution in [-0.2, 0) is 47.3 Å². The van der Waals surface area contributed by atoms with Gasteiger partial charge in [-0.1, -0.05) is 0 Å². The first-order valence-corrected chi connectivity index (χ1v) is 12.9. The van der Waals surface area contributed by atoms with Crippen LogP contribution in [0, 0.1) is 0 Å². The van der Waals surface area contributed by atoms with E-state index in [1.165, 1.54) is 6.92 Å². The normalized spacial score (nSPS) is 11.8. The van der Waals surface area contributed by atoms with Crippen molar-refractivity contribution in [1.29, 1.82) is 0 Å². The summed E-state index contributed by atoms with van der Waals surface area (Å²) < 4.78 is 53.0. The molecule has 0 rings (SSSR count). The fourth-order valence-electron chi connectivity index (χ4n) is 2.04. The first-order chi connectivity index (χ1) is 15.9. The van der Waals surface area contributed by atoms with Gasteiger partial charge in [-0.3, -0.25) is 9.36 Å². The van der Waals surface area contributed by atoms with Gasteiger partial charge in [-0.25, -0.2) is 0 Å². The van der Waals surface area contributed by atoms with Gasteiger partial charge in [0, 0.05) is 6.42 Å². The lowest BCUT2D eigenvalue weighted by atomic mass is 10.3. The van der Waals surface area contributed by atoms with Gasteiger partial charge in [0.15, 0.2) is 0 Å². The van der Waals surface area contributed by atoms with Crippen molar-refractivity contribution in [2.45, 2.75) is 13.3 Å². The quantitative estimate of drug-likeness (QED) is 0.117. The molecule has 13 heteroatoms. The van der Waals surface area contributed by atoms with Crippen molar-refractivity contribution in [2.75, 3.05) is 112 Å². The van der Waals surface area contributed by atoms with Crippen molar-refractivity contribution in [1.82, 2.24) is 0 Å². The molecule has 12 nitrogen and oxygen atoms in total. The molecule has 2 N–H and O–H groups in total. The van der Waals surface area contributed by atoms with E-state index in [9.17, 15) is 9.36 Å². The number of carbonyl (C=O) groups excluding carboxylic acids is 1. The van der Waals surface area contributed by atoms with Gasteiger partial charge in [0.25, 0.3) is 0 Å². The highest BCUT2D eigenvalue weighted by Gasteiger charge is 2.11. The van der Waals surface area contributed by atoms with Gasteiger partial charge in [-0.05, 0) is 6.92 Å². The highest BCUT2D eigenvalue weighted by atomic mass is 31.2. The molecule has 0 aliphatic carbocycles. The molecule has 0 amide bonds. The number of hydrogen-bond donors (Lipinski definition) is 2. The molecule has 0 saturated heterocycles. The summed E-state index contributed by atoms with van der Waals surface area (Å²) in [5.74, 6) is 0.118. The standard InChI is InChI=1S/C20H41O12P/c1-20(21)2-3-25-4-5-26-6-7-27-8-9-28-10-11-29-12-13-30-14-15-31-16-17-32-18-19-33(22,23)24/h2-19H2,1H3,(H2,22,23,24). The second-order valence-corrected chi connectivity index (χ2v) is 8.52. The maximum Gasteiger partial charge on any atom is 0.327 e. The maximum absolute atomic E-state index is 10.7. The lowest BCUT2D eigenvalue weighted by Crippen LogP contribution is -2.15. The van der Waals surface area contributed by atoms with Gasteiger partial charge in [0.1, 0.15) is 5.78 Å². The van der Waals surface area contributed by atoms with Crippen molar-refractivity contribution in [3.05, 3.63) is 0 Å². The molecule has 0 spiro atoms. The van der Waals surface area contributed by atoms with Crippen molar-refractivity contribution >= 4 is 13.4 Å². The predicted octanol–water partition coefficient (Wildman–Crippen LogP) is 0.276. The molecule has 0 heterocycles. The van der Waals surface area contributed by atoms with E-state index in [2.05, 4.69) is 0 Å². The Bertz CT molecular complexity index is 474. The second kappa shape index (κ2) is 24.6. The average molecular weight is 505 g/mol. The third-order valence-corrected chi connectivity index (χ3v) is 4.49. The zero-order valence-electron chi connectivity index (χ0n) is 19.7. The van der Waals surface area contributed by atoms with Crippen LogP contribution < -0.4 is 0 Å². The minimum absolute atomic E-state index is 0.00875. The molecule has 0 fully saturated rings. The third kappa shape index (κ3) is 31.5. The summed E-state index contributed by atoms with van der Waals surface area (Å²) >= 11 is 0. The minimum atomic E-state index is -3.99. The van der Waals surface area contributed by atoms with E-state index in [0.29, 0.717) is 98.9 Å². The molecule has 33 heavy (non-hydrogen) atoms. The molecule has 0 unspecified atom stereocenters. The predicted molar refractivity (Wildman–Crippen MR) is 119 cm³/mol. The number of ketones is 1. The second-order valence-electron chi connectivity index (χ2n) is 6.74. The Morgan fingerprint density at radius 3 is 1.00 bits per heavy atom. The largest absolute Gasteiger partial charge is 0.379 e. The fourth-order valence-corrected chi connectivity index (χ4v) is 2.41. The maximum atomic E-state index is 10.7. The summed E-state index contributed by atoms with van der Waals surface area (Å²) in [5.41, 5.74) is 0. The Morgan fingerprint density at radius 1 is 0.515 bits per heavy atom. The molecule has 0 radical (unpaired) electrons. The van der Waals surface area contributed by atoms with Gasteiger partial charge in [-0.15, -0.1) is 0 Å². The Labute approximate surface area is 196 Å². The number of ether oxygens (including phenoxy) is 8. The van der Waals surface area contributed by atoms with E-state index in [4.69, 9.17) is 47.7 Å². The van der Waals surface area contributed by atoms with Crippen LogP contribution in [0.3, 0.4) is 0 Å². The van der Waals surface area contributed by atoms with Crippen LogP contribution >= 0.6 is 7.60 Å². The van der Waals surface area contributed by atoms with E-state index in [-0.39, 0.29) is 25.2 Å². The van der Waals surface area contributed by atoms with Crippen LogP contribution in [0.15, 0.2) is 0 Å². The molecule has 0 aromatic rings. The van der Waals surface area contributed by atoms with Gasteiger partial charge in [0.05, 0.1) is 112 Å². The van der Waals surface area contributed by atoms with Gasteiger partial charge in [-0.2, -0.15) is 0 Å². The van der Waals surface area contributed by atoms with Crippen molar-refractivity contribution in [3.63, 3.8) is 0 Å². The van der Waals surface area contributed by atoms with Crippen LogP contribution in [0.4, 0.5) is 0 Å². The zero-order valence-corrected chi connectivity index (χ0v) is 20.5. The lowest BCUT2D eigenvalue weighted by molar-refractivity contribution is -0.118. The molecule has 0 aromatic carbocycles. The molecule has 0 saturated carbocycles. The summed E-state index contributed by atoms with van der Waals surface area (Å²) in [4.78, 5) is 28.0. The van der Waals surface area contributed by atoms with E-state index in [0.717, 1.165) is 0 Å². The van der Waals surface area contributed by atoms with Crippen molar-refractivity contribution < 1.29 is 57.0 Å². The summed E-state index contributed by atoms with van der Waals surface area (Å²) in [6.45, 7) is 8.17. The zero-order chi connectivity index (χ0) is 24.5. The van der Waals surface area contributed by atoms with Crippen LogP contribution in [0.2, 0.25) is 0 Å². The number of hydrogen-bond acceptors (Lipinski definition) is 10. The van der Waals surface area contributed by atoms with Crippen molar-refractivity contribution in [3.8, 4) is 0 Å². The van der Waals surface area contributed by atoms with Crippen LogP contribution in [0.1, 0.15) is 13.3 Å². The Balaban J connectivity index is 3.05. The number of carbonyl (C=O) groups is 1. The summed E-state index contributed by atoms with van der Waals surface area (Å²) in [6, 6.07) is 0. The molecular formula is C20H41O12P. The topological polar surface area (TPSA) is 148 Å². The van der Waals surface area contributed by atoms with E-state index < -0.39 is 7.60 Å². The first kappa shape index (κ1) is 32.5. The highest BCUT2D eigenvalue weighted by molar-refractivity contribution is 7.51. The number of rotatable bonds is 27. The monoisotopic (exact) mass is 504 g/mol. The van der Waals surface area contributed by atoms with Crippen LogP contribution in [-0.4, -0.2) is 127 Å². The molecule has 0 atom stereocenters. The highest BCUT2D eigenvalue weighted by Crippen LogP contribution is 2.33. The molecular weight excluding hydrogens is 463 g/mol. The third-order valence-electron chi connectivity index (χ3n) is 3.73. The van der Waals surface area contributed by atoms with Gasteiger partial charge >= 0.3 is 7.60 Å². The van der Waals surface area contributed by atoms with Gasteiger partial charge < -0.3 is 47.7 Å². The SMILES string of the molecule is CC(=O)CCOCCOCCOCCOCCOCCOCCOCCOCCP(=O)(O)O. The smallest absolute Gasteiger partial charge is 0.327 e. The summed E-state index contributed by atoms with van der Waals surface area (Å²) in [6.07, 6.45) is 0.150. The van der Waals surface area contributed by atoms with E-state index in [1.54, 1.807) is 0 Å². The summed E-state index contributed by atoms with van der Waals surface area (Å²) in [7, 11) is -3.99. The Morgan fingerprint density at radius 2 is 0.758 bits per heavy atom. The van der Waals surface area contributed by atoms with Crippen LogP contribution in [0.5, 0.6) is 0 Å². The molecule has 0 aromatic heterocycles. The minimum Gasteiger partial charge on any atom is -0.379 e.